The van der Waals surface area contributed by atoms with E-state index in [1.54, 1.807) is 11.8 Å². The first-order valence-corrected chi connectivity index (χ1v) is 7.64. The molecule has 0 spiro atoms. The standard InChI is InChI=1S/C15H23NOS/c1-4-8-12(2)16-15(17)13(3)18-11-14-9-6-5-7-10-14/h5-7,9-10,12-13H,4,8,11H2,1-3H3,(H,16,17). The lowest BCUT2D eigenvalue weighted by molar-refractivity contribution is -0.120. The summed E-state index contributed by atoms with van der Waals surface area (Å²) in [6.45, 7) is 6.17. The lowest BCUT2D eigenvalue weighted by atomic mass is 10.2. The zero-order valence-electron chi connectivity index (χ0n) is 11.5. The van der Waals surface area contributed by atoms with Gasteiger partial charge in [0.2, 0.25) is 5.91 Å². The van der Waals surface area contributed by atoms with Crippen LogP contribution < -0.4 is 5.32 Å². The maximum Gasteiger partial charge on any atom is 0.233 e. The third kappa shape index (κ3) is 5.58. The minimum Gasteiger partial charge on any atom is -0.353 e. The number of hydrogen-bond acceptors (Lipinski definition) is 2. The molecule has 0 bridgehead atoms. The van der Waals surface area contributed by atoms with Crippen LogP contribution in [0.4, 0.5) is 0 Å². The molecule has 0 aliphatic carbocycles. The topological polar surface area (TPSA) is 29.1 Å². The van der Waals surface area contributed by atoms with Crippen molar-refractivity contribution < 1.29 is 4.79 Å². The van der Waals surface area contributed by atoms with E-state index in [0.29, 0.717) is 0 Å². The van der Waals surface area contributed by atoms with Crippen LogP contribution in [0.15, 0.2) is 30.3 Å². The molecule has 3 heteroatoms. The van der Waals surface area contributed by atoms with Gasteiger partial charge >= 0.3 is 0 Å². The van der Waals surface area contributed by atoms with Crippen LogP contribution in [0.2, 0.25) is 0 Å². The van der Waals surface area contributed by atoms with Gasteiger partial charge in [0, 0.05) is 11.8 Å². The highest BCUT2D eigenvalue weighted by molar-refractivity contribution is 7.99. The fraction of sp³-hybridized carbons (Fsp3) is 0.533. The molecule has 0 aliphatic rings. The average Bonchev–Trinajstić information content (AvgIpc) is 2.37. The van der Waals surface area contributed by atoms with Crippen molar-refractivity contribution >= 4 is 17.7 Å². The smallest absolute Gasteiger partial charge is 0.233 e. The Hall–Kier alpha value is -0.960. The van der Waals surface area contributed by atoms with E-state index in [1.165, 1.54) is 5.56 Å². The number of amides is 1. The highest BCUT2D eigenvalue weighted by atomic mass is 32.2. The van der Waals surface area contributed by atoms with Crippen LogP contribution in [0.3, 0.4) is 0 Å². The second-order valence-corrected chi connectivity index (χ2v) is 5.97. The zero-order chi connectivity index (χ0) is 13.4. The predicted molar refractivity (Wildman–Crippen MR) is 79.7 cm³/mol. The van der Waals surface area contributed by atoms with Crippen LogP contribution >= 0.6 is 11.8 Å². The Kier molecular flexibility index (Phi) is 6.88. The predicted octanol–water partition coefficient (Wildman–Crippen LogP) is 3.61. The number of rotatable bonds is 7. The Morgan fingerprint density at radius 2 is 1.94 bits per heavy atom. The first kappa shape index (κ1) is 15.1. The quantitative estimate of drug-likeness (QED) is 0.816. The van der Waals surface area contributed by atoms with E-state index < -0.39 is 0 Å². The van der Waals surface area contributed by atoms with Gasteiger partial charge in [0.25, 0.3) is 0 Å². The van der Waals surface area contributed by atoms with E-state index in [2.05, 4.69) is 31.3 Å². The molecule has 1 aromatic rings. The van der Waals surface area contributed by atoms with Crippen LogP contribution in [0.5, 0.6) is 0 Å². The van der Waals surface area contributed by atoms with E-state index >= 15 is 0 Å². The van der Waals surface area contributed by atoms with Crippen LogP contribution in [0, 0.1) is 0 Å². The number of thioether (sulfide) groups is 1. The van der Waals surface area contributed by atoms with E-state index in [4.69, 9.17) is 0 Å². The molecule has 1 N–H and O–H groups in total. The molecule has 0 fully saturated rings. The second-order valence-electron chi connectivity index (χ2n) is 4.64. The lowest BCUT2D eigenvalue weighted by Gasteiger charge is -2.16. The number of nitrogens with one attached hydrogen (secondary N) is 1. The monoisotopic (exact) mass is 265 g/mol. The summed E-state index contributed by atoms with van der Waals surface area (Å²) in [6.07, 6.45) is 2.15. The molecule has 0 saturated carbocycles. The van der Waals surface area contributed by atoms with E-state index in [-0.39, 0.29) is 17.2 Å². The summed E-state index contributed by atoms with van der Waals surface area (Å²) in [5.41, 5.74) is 1.27. The molecule has 1 amide bonds. The van der Waals surface area contributed by atoms with Gasteiger partial charge < -0.3 is 5.32 Å². The SMILES string of the molecule is CCCC(C)NC(=O)C(C)SCc1ccccc1. The molecule has 0 heterocycles. The molecule has 18 heavy (non-hydrogen) atoms. The molecule has 0 aliphatic heterocycles. The number of hydrogen-bond donors (Lipinski definition) is 1. The summed E-state index contributed by atoms with van der Waals surface area (Å²) < 4.78 is 0. The van der Waals surface area contributed by atoms with Crippen molar-refractivity contribution in [3.05, 3.63) is 35.9 Å². The summed E-state index contributed by atoms with van der Waals surface area (Å²) in [5.74, 6) is 1.04. The van der Waals surface area contributed by atoms with Gasteiger partial charge in [0.1, 0.15) is 0 Å². The fourth-order valence-electron chi connectivity index (χ4n) is 1.74. The van der Waals surface area contributed by atoms with Gasteiger partial charge in [0.15, 0.2) is 0 Å². The summed E-state index contributed by atoms with van der Waals surface area (Å²) in [5, 5.41) is 3.06. The summed E-state index contributed by atoms with van der Waals surface area (Å²) >= 11 is 1.69. The van der Waals surface area contributed by atoms with Gasteiger partial charge in [0.05, 0.1) is 5.25 Å². The molecule has 2 nitrogen and oxygen atoms in total. The molecule has 2 atom stereocenters. The van der Waals surface area contributed by atoms with Crippen LogP contribution in [-0.4, -0.2) is 17.2 Å². The summed E-state index contributed by atoms with van der Waals surface area (Å²) in [4.78, 5) is 11.9. The average molecular weight is 265 g/mol. The van der Waals surface area contributed by atoms with Crippen LogP contribution in [0.25, 0.3) is 0 Å². The highest BCUT2D eigenvalue weighted by Crippen LogP contribution is 2.17. The Morgan fingerprint density at radius 1 is 1.28 bits per heavy atom. The maximum absolute atomic E-state index is 11.9. The van der Waals surface area contributed by atoms with Gasteiger partial charge in [-0.2, -0.15) is 0 Å². The molecule has 1 rings (SSSR count). The summed E-state index contributed by atoms with van der Waals surface area (Å²) in [6, 6.07) is 10.5. The number of carbonyl (C=O) groups is 1. The van der Waals surface area contributed by atoms with Gasteiger partial charge in [-0.3, -0.25) is 4.79 Å². The Morgan fingerprint density at radius 3 is 2.56 bits per heavy atom. The van der Waals surface area contributed by atoms with Crippen LogP contribution in [-0.2, 0) is 10.5 Å². The Balaban J connectivity index is 2.32. The minimum absolute atomic E-state index is 0.00418. The van der Waals surface area contributed by atoms with Crippen molar-refractivity contribution in [2.24, 2.45) is 0 Å². The molecule has 0 radical (unpaired) electrons. The van der Waals surface area contributed by atoms with Crippen molar-refractivity contribution in [2.75, 3.05) is 0 Å². The Bertz CT molecular complexity index is 353. The third-order valence-corrected chi connectivity index (χ3v) is 4.04. The minimum atomic E-state index is 0.00418. The van der Waals surface area contributed by atoms with Crippen LogP contribution in [0.1, 0.15) is 39.2 Å². The second kappa shape index (κ2) is 8.20. The molecular weight excluding hydrogens is 242 g/mol. The molecule has 2 unspecified atom stereocenters. The van der Waals surface area contributed by atoms with Crippen molar-refractivity contribution in [3.63, 3.8) is 0 Å². The van der Waals surface area contributed by atoms with Crippen molar-refractivity contribution in [2.45, 2.75) is 50.7 Å². The van der Waals surface area contributed by atoms with E-state index in [9.17, 15) is 4.79 Å². The fourth-order valence-corrected chi connectivity index (χ4v) is 2.59. The first-order valence-electron chi connectivity index (χ1n) is 6.59. The largest absolute Gasteiger partial charge is 0.353 e. The molecule has 0 saturated heterocycles. The van der Waals surface area contributed by atoms with Crippen molar-refractivity contribution in [3.8, 4) is 0 Å². The zero-order valence-corrected chi connectivity index (χ0v) is 12.3. The lowest BCUT2D eigenvalue weighted by Crippen LogP contribution is -2.37. The normalized spacial score (nSPS) is 13.9. The van der Waals surface area contributed by atoms with Gasteiger partial charge in [-0.05, 0) is 25.8 Å². The number of benzene rings is 1. The molecular formula is C15H23NOS. The van der Waals surface area contributed by atoms with Gasteiger partial charge in [-0.15, -0.1) is 11.8 Å². The van der Waals surface area contributed by atoms with Gasteiger partial charge in [-0.1, -0.05) is 43.7 Å². The Labute approximate surface area is 115 Å². The van der Waals surface area contributed by atoms with Crippen molar-refractivity contribution in [1.82, 2.24) is 5.32 Å². The highest BCUT2D eigenvalue weighted by Gasteiger charge is 2.15. The molecule has 0 aromatic heterocycles. The molecule has 1 aromatic carbocycles. The summed E-state index contributed by atoms with van der Waals surface area (Å²) in [7, 11) is 0. The van der Waals surface area contributed by atoms with E-state index in [0.717, 1.165) is 18.6 Å². The number of carbonyl (C=O) groups excluding carboxylic acids is 1. The first-order chi connectivity index (χ1) is 8.63. The molecule has 100 valence electrons. The van der Waals surface area contributed by atoms with Crippen molar-refractivity contribution in [1.29, 1.82) is 0 Å². The maximum atomic E-state index is 11.9. The van der Waals surface area contributed by atoms with E-state index in [1.807, 2.05) is 25.1 Å². The third-order valence-electron chi connectivity index (χ3n) is 2.82. The van der Waals surface area contributed by atoms with Gasteiger partial charge in [-0.25, -0.2) is 0 Å².